The monoisotopic (exact) mass is 205 g/mol. The Bertz CT molecular complexity index is 318. The van der Waals surface area contributed by atoms with Crippen molar-refractivity contribution in [2.24, 2.45) is 5.73 Å². The van der Waals surface area contributed by atoms with Gasteiger partial charge in [-0.15, -0.1) is 0 Å². The first kappa shape index (κ1) is 10.7. The highest BCUT2D eigenvalue weighted by molar-refractivity contribution is 5.26. The van der Waals surface area contributed by atoms with Crippen LogP contribution in [0.25, 0.3) is 0 Å². The van der Waals surface area contributed by atoms with E-state index in [0.29, 0.717) is 0 Å². The highest BCUT2D eigenvalue weighted by Crippen LogP contribution is 2.25. The van der Waals surface area contributed by atoms with Crippen LogP contribution in [0.1, 0.15) is 36.9 Å². The van der Waals surface area contributed by atoms with E-state index in [4.69, 9.17) is 10.5 Å². The maximum absolute atomic E-state index is 6.20. The summed E-state index contributed by atoms with van der Waals surface area (Å²) in [6, 6.07) is 8.58. The van der Waals surface area contributed by atoms with Crippen LogP contribution in [0.5, 0.6) is 0 Å². The van der Waals surface area contributed by atoms with Crippen molar-refractivity contribution in [3.63, 3.8) is 0 Å². The van der Waals surface area contributed by atoms with Gasteiger partial charge in [-0.2, -0.15) is 0 Å². The van der Waals surface area contributed by atoms with Gasteiger partial charge in [0.05, 0.1) is 12.1 Å². The third-order valence-corrected chi connectivity index (χ3v) is 3.11. The maximum Gasteiger partial charge on any atom is 0.0768 e. The third-order valence-electron chi connectivity index (χ3n) is 3.11. The Morgan fingerprint density at radius 1 is 1.53 bits per heavy atom. The van der Waals surface area contributed by atoms with Gasteiger partial charge in [0.2, 0.25) is 0 Å². The van der Waals surface area contributed by atoms with Gasteiger partial charge in [-0.25, -0.2) is 0 Å². The van der Waals surface area contributed by atoms with Crippen LogP contribution in [0.15, 0.2) is 24.3 Å². The van der Waals surface area contributed by atoms with Gasteiger partial charge in [-0.3, -0.25) is 0 Å². The molecule has 15 heavy (non-hydrogen) atoms. The fourth-order valence-corrected chi connectivity index (χ4v) is 2.12. The van der Waals surface area contributed by atoms with Crippen molar-refractivity contribution < 1.29 is 4.74 Å². The molecule has 0 amide bonds. The van der Waals surface area contributed by atoms with Crippen LogP contribution in [0.4, 0.5) is 0 Å². The van der Waals surface area contributed by atoms with Crippen LogP contribution >= 0.6 is 0 Å². The van der Waals surface area contributed by atoms with E-state index in [9.17, 15) is 0 Å². The van der Waals surface area contributed by atoms with Gasteiger partial charge >= 0.3 is 0 Å². The first-order valence-electron chi connectivity index (χ1n) is 5.77. The van der Waals surface area contributed by atoms with Crippen molar-refractivity contribution in [1.82, 2.24) is 0 Å². The maximum atomic E-state index is 6.20. The summed E-state index contributed by atoms with van der Waals surface area (Å²) in [5.41, 5.74) is 8.76. The van der Waals surface area contributed by atoms with E-state index in [1.807, 2.05) is 0 Å². The van der Waals surface area contributed by atoms with Gasteiger partial charge in [0.1, 0.15) is 0 Å². The first-order chi connectivity index (χ1) is 7.31. The molecule has 0 spiro atoms. The molecule has 0 bridgehead atoms. The molecular weight excluding hydrogens is 186 g/mol. The van der Waals surface area contributed by atoms with Crippen LogP contribution < -0.4 is 5.73 Å². The zero-order chi connectivity index (χ0) is 10.7. The summed E-state index contributed by atoms with van der Waals surface area (Å²) in [5, 5.41) is 0. The van der Waals surface area contributed by atoms with Crippen molar-refractivity contribution >= 4 is 0 Å². The second-order valence-corrected chi connectivity index (χ2v) is 4.18. The smallest absolute Gasteiger partial charge is 0.0768 e. The first-order valence-corrected chi connectivity index (χ1v) is 5.77. The highest BCUT2D eigenvalue weighted by atomic mass is 16.5. The Labute approximate surface area is 91.4 Å². The molecule has 0 aliphatic carbocycles. The van der Waals surface area contributed by atoms with Gasteiger partial charge in [0.15, 0.2) is 0 Å². The molecule has 1 aliphatic heterocycles. The Kier molecular flexibility index (Phi) is 3.39. The van der Waals surface area contributed by atoms with Crippen molar-refractivity contribution in [3.8, 4) is 0 Å². The van der Waals surface area contributed by atoms with E-state index < -0.39 is 0 Å². The Morgan fingerprint density at radius 3 is 3.07 bits per heavy atom. The van der Waals surface area contributed by atoms with Gasteiger partial charge in [0.25, 0.3) is 0 Å². The highest BCUT2D eigenvalue weighted by Gasteiger charge is 2.23. The molecule has 1 aromatic carbocycles. The van der Waals surface area contributed by atoms with Crippen molar-refractivity contribution in [1.29, 1.82) is 0 Å². The number of hydrogen-bond acceptors (Lipinski definition) is 2. The largest absolute Gasteiger partial charge is 0.376 e. The number of nitrogens with two attached hydrogens (primary N) is 1. The molecule has 1 aliphatic rings. The summed E-state index contributed by atoms with van der Waals surface area (Å²) < 4.78 is 5.62. The summed E-state index contributed by atoms with van der Waals surface area (Å²) in [5.74, 6) is 0. The SMILES string of the molecule is CCc1cccc(C(N)C2CCCO2)c1. The molecule has 0 saturated carbocycles. The van der Waals surface area contributed by atoms with Gasteiger partial charge in [-0.05, 0) is 30.4 Å². The summed E-state index contributed by atoms with van der Waals surface area (Å²) in [6.45, 7) is 3.03. The molecule has 82 valence electrons. The minimum absolute atomic E-state index is 0.0407. The lowest BCUT2D eigenvalue weighted by Crippen LogP contribution is -2.25. The average Bonchev–Trinajstić information content (AvgIpc) is 2.81. The van der Waals surface area contributed by atoms with Crippen LogP contribution in [0.3, 0.4) is 0 Å². The zero-order valence-electron chi connectivity index (χ0n) is 9.28. The Balaban J connectivity index is 2.13. The Hall–Kier alpha value is -0.860. The minimum atomic E-state index is 0.0407. The predicted molar refractivity (Wildman–Crippen MR) is 61.7 cm³/mol. The number of ether oxygens (including phenoxy) is 1. The van der Waals surface area contributed by atoms with E-state index >= 15 is 0 Å². The second kappa shape index (κ2) is 4.77. The molecule has 0 aromatic heterocycles. The molecule has 2 atom stereocenters. The normalized spacial score (nSPS) is 22.9. The molecule has 2 rings (SSSR count). The molecule has 2 heteroatoms. The lowest BCUT2D eigenvalue weighted by molar-refractivity contribution is 0.0900. The summed E-state index contributed by atoms with van der Waals surface area (Å²) in [4.78, 5) is 0. The minimum Gasteiger partial charge on any atom is -0.376 e. The molecule has 1 saturated heterocycles. The summed E-state index contributed by atoms with van der Waals surface area (Å²) in [7, 11) is 0. The topological polar surface area (TPSA) is 35.2 Å². The predicted octanol–water partition coefficient (Wildman–Crippen LogP) is 2.43. The molecule has 1 heterocycles. The summed E-state index contributed by atoms with van der Waals surface area (Å²) in [6.07, 6.45) is 3.52. The number of rotatable bonds is 3. The zero-order valence-corrected chi connectivity index (χ0v) is 9.28. The Morgan fingerprint density at radius 2 is 2.40 bits per heavy atom. The van der Waals surface area contributed by atoms with E-state index in [1.54, 1.807) is 0 Å². The fourth-order valence-electron chi connectivity index (χ4n) is 2.12. The molecular formula is C13H19NO. The molecule has 1 fully saturated rings. The number of hydrogen-bond donors (Lipinski definition) is 1. The van der Waals surface area contributed by atoms with Crippen LogP contribution in [-0.2, 0) is 11.2 Å². The molecule has 0 radical (unpaired) electrons. The third kappa shape index (κ3) is 2.39. The molecule has 2 nitrogen and oxygen atoms in total. The molecule has 1 aromatic rings. The van der Waals surface area contributed by atoms with E-state index in [0.717, 1.165) is 25.9 Å². The molecule has 2 unspecified atom stereocenters. The lowest BCUT2D eigenvalue weighted by atomic mass is 9.98. The number of aryl methyl sites for hydroxylation is 1. The van der Waals surface area contributed by atoms with Crippen LogP contribution in [0.2, 0.25) is 0 Å². The number of benzene rings is 1. The average molecular weight is 205 g/mol. The lowest BCUT2D eigenvalue weighted by Gasteiger charge is -2.19. The van der Waals surface area contributed by atoms with Gasteiger partial charge in [-0.1, -0.05) is 31.2 Å². The van der Waals surface area contributed by atoms with Crippen molar-refractivity contribution in [2.75, 3.05) is 6.61 Å². The van der Waals surface area contributed by atoms with Crippen molar-refractivity contribution in [2.45, 2.75) is 38.3 Å². The van der Waals surface area contributed by atoms with Gasteiger partial charge in [0, 0.05) is 6.61 Å². The van der Waals surface area contributed by atoms with Crippen LogP contribution in [0, 0.1) is 0 Å². The summed E-state index contributed by atoms with van der Waals surface area (Å²) >= 11 is 0. The van der Waals surface area contributed by atoms with E-state index in [1.165, 1.54) is 11.1 Å². The molecule has 2 N–H and O–H groups in total. The van der Waals surface area contributed by atoms with Crippen LogP contribution in [-0.4, -0.2) is 12.7 Å². The second-order valence-electron chi connectivity index (χ2n) is 4.18. The van der Waals surface area contributed by atoms with Gasteiger partial charge < -0.3 is 10.5 Å². The fraction of sp³-hybridized carbons (Fsp3) is 0.538. The standard InChI is InChI=1S/C13H19NO/c1-2-10-5-3-6-11(9-10)13(14)12-7-4-8-15-12/h3,5-6,9,12-13H,2,4,7-8,14H2,1H3. The van der Waals surface area contributed by atoms with E-state index in [-0.39, 0.29) is 12.1 Å². The quantitative estimate of drug-likeness (QED) is 0.822. The van der Waals surface area contributed by atoms with Crippen molar-refractivity contribution in [3.05, 3.63) is 35.4 Å². The van der Waals surface area contributed by atoms with E-state index in [2.05, 4.69) is 31.2 Å².